The topological polar surface area (TPSA) is 54.5 Å². The van der Waals surface area contributed by atoms with Crippen molar-refractivity contribution < 1.29 is 27.1 Å². The maximum atomic E-state index is 15.3. The first kappa shape index (κ1) is 19.9. The van der Waals surface area contributed by atoms with Crippen molar-refractivity contribution >= 4 is 11.7 Å². The van der Waals surface area contributed by atoms with E-state index in [4.69, 9.17) is 0 Å². The zero-order valence-corrected chi connectivity index (χ0v) is 15.1. The van der Waals surface area contributed by atoms with Gasteiger partial charge < -0.3 is 15.0 Å². The fourth-order valence-corrected chi connectivity index (χ4v) is 3.20. The van der Waals surface area contributed by atoms with Gasteiger partial charge in [0.05, 0.1) is 5.69 Å². The molecule has 1 fully saturated rings. The Kier molecular flexibility index (Phi) is 5.44. The van der Waals surface area contributed by atoms with Crippen LogP contribution in [0.15, 0.2) is 42.6 Å². The second-order valence-corrected chi connectivity index (χ2v) is 6.62. The minimum absolute atomic E-state index is 0.122. The van der Waals surface area contributed by atoms with Crippen LogP contribution in [0, 0.1) is 6.92 Å². The van der Waals surface area contributed by atoms with Gasteiger partial charge in [-0.05, 0) is 42.8 Å². The van der Waals surface area contributed by atoms with Gasteiger partial charge in [0.15, 0.2) is 5.67 Å². The Balaban J connectivity index is 1.58. The second-order valence-electron chi connectivity index (χ2n) is 6.62. The summed E-state index contributed by atoms with van der Waals surface area (Å²) < 4.78 is 55.6. The average Bonchev–Trinajstić information content (AvgIpc) is 2.63. The van der Waals surface area contributed by atoms with E-state index in [2.05, 4.69) is 15.0 Å². The molecule has 0 atom stereocenters. The van der Waals surface area contributed by atoms with Crippen LogP contribution in [0.5, 0.6) is 5.75 Å². The largest absolute Gasteiger partial charge is 0.573 e. The molecule has 1 saturated heterocycles. The number of rotatable bonds is 3. The van der Waals surface area contributed by atoms with Crippen molar-refractivity contribution in [3.8, 4) is 5.75 Å². The van der Waals surface area contributed by atoms with Crippen LogP contribution >= 0.6 is 0 Å². The van der Waals surface area contributed by atoms with Crippen LogP contribution in [-0.2, 0) is 5.67 Å². The van der Waals surface area contributed by atoms with E-state index in [-0.39, 0.29) is 31.7 Å². The predicted molar refractivity (Wildman–Crippen MR) is 94.7 cm³/mol. The number of aryl methyl sites for hydroxylation is 1. The smallest absolute Gasteiger partial charge is 0.406 e. The highest BCUT2D eigenvalue weighted by Crippen LogP contribution is 2.37. The number of amides is 2. The molecular formula is C19H19F4N3O2. The Morgan fingerprint density at radius 2 is 1.82 bits per heavy atom. The molecule has 2 amide bonds. The van der Waals surface area contributed by atoms with Gasteiger partial charge in [-0.25, -0.2) is 9.18 Å². The lowest BCUT2D eigenvalue weighted by molar-refractivity contribution is -0.274. The van der Waals surface area contributed by atoms with Gasteiger partial charge in [0.1, 0.15) is 5.75 Å². The number of nitrogens with one attached hydrogen (secondary N) is 1. The summed E-state index contributed by atoms with van der Waals surface area (Å²) in [4.78, 5) is 18.0. The number of hydrogen-bond donors (Lipinski definition) is 1. The number of carbonyl (C=O) groups excluding carboxylic acids is 1. The highest BCUT2D eigenvalue weighted by atomic mass is 19.4. The zero-order valence-electron chi connectivity index (χ0n) is 15.1. The average molecular weight is 397 g/mol. The number of pyridine rings is 1. The Morgan fingerprint density at radius 1 is 1.18 bits per heavy atom. The van der Waals surface area contributed by atoms with E-state index in [1.165, 1.54) is 17.0 Å². The first-order valence-electron chi connectivity index (χ1n) is 8.69. The molecule has 5 nitrogen and oxygen atoms in total. The van der Waals surface area contributed by atoms with Gasteiger partial charge in [0.25, 0.3) is 0 Å². The fraction of sp³-hybridized carbons (Fsp3) is 0.368. The molecule has 1 aliphatic heterocycles. The van der Waals surface area contributed by atoms with Crippen LogP contribution in [-0.4, -0.2) is 35.4 Å². The number of aromatic nitrogens is 1. The highest BCUT2D eigenvalue weighted by Gasteiger charge is 2.39. The number of ether oxygens (including phenoxy) is 1. The monoisotopic (exact) mass is 397 g/mol. The summed E-state index contributed by atoms with van der Waals surface area (Å²) in [7, 11) is 0. The summed E-state index contributed by atoms with van der Waals surface area (Å²) in [6.07, 6.45) is -2.98. The van der Waals surface area contributed by atoms with Crippen molar-refractivity contribution in [2.45, 2.75) is 31.8 Å². The van der Waals surface area contributed by atoms with Gasteiger partial charge in [-0.1, -0.05) is 6.07 Å². The Hall–Kier alpha value is -2.84. The van der Waals surface area contributed by atoms with Crippen molar-refractivity contribution in [2.24, 2.45) is 0 Å². The lowest BCUT2D eigenvalue weighted by Crippen LogP contribution is -2.45. The standard InChI is InChI=1S/C19H19F4N3O2/c1-13-3-2-10-24-16(13)18(20)8-11-26(12-9-18)17(27)25-14-4-6-15(7-5-14)28-19(21,22)23/h2-7,10H,8-9,11-12H2,1H3,(H,25,27). The van der Waals surface area contributed by atoms with E-state index in [0.717, 1.165) is 17.7 Å². The van der Waals surface area contributed by atoms with E-state index in [1.807, 2.05) is 0 Å². The van der Waals surface area contributed by atoms with E-state index in [1.54, 1.807) is 25.3 Å². The number of benzene rings is 1. The van der Waals surface area contributed by atoms with E-state index in [0.29, 0.717) is 11.4 Å². The third-order valence-corrected chi connectivity index (χ3v) is 4.62. The Morgan fingerprint density at radius 3 is 2.39 bits per heavy atom. The minimum Gasteiger partial charge on any atom is -0.406 e. The molecule has 0 spiro atoms. The van der Waals surface area contributed by atoms with Crippen molar-refractivity contribution in [3.63, 3.8) is 0 Å². The van der Waals surface area contributed by atoms with Gasteiger partial charge in [0.2, 0.25) is 0 Å². The maximum absolute atomic E-state index is 15.3. The van der Waals surface area contributed by atoms with Crippen LogP contribution in [0.1, 0.15) is 24.1 Å². The molecule has 9 heteroatoms. The van der Waals surface area contributed by atoms with Crippen molar-refractivity contribution in [1.29, 1.82) is 0 Å². The summed E-state index contributed by atoms with van der Waals surface area (Å²) in [5.74, 6) is -0.378. The first-order valence-corrected chi connectivity index (χ1v) is 8.69. The molecule has 3 rings (SSSR count). The number of carbonyl (C=O) groups is 1. The highest BCUT2D eigenvalue weighted by molar-refractivity contribution is 5.89. The molecule has 1 aromatic heterocycles. The van der Waals surface area contributed by atoms with Gasteiger partial charge in [0, 0.05) is 37.8 Å². The van der Waals surface area contributed by atoms with Crippen LogP contribution in [0.2, 0.25) is 0 Å². The third-order valence-electron chi connectivity index (χ3n) is 4.62. The molecule has 0 saturated carbocycles. The SMILES string of the molecule is Cc1cccnc1C1(F)CCN(C(=O)Nc2ccc(OC(F)(F)F)cc2)CC1. The van der Waals surface area contributed by atoms with Crippen molar-refractivity contribution in [1.82, 2.24) is 9.88 Å². The van der Waals surface area contributed by atoms with Crippen LogP contribution < -0.4 is 10.1 Å². The van der Waals surface area contributed by atoms with Crippen molar-refractivity contribution in [3.05, 3.63) is 53.9 Å². The normalized spacial score (nSPS) is 16.5. The number of nitrogens with zero attached hydrogens (tertiary/aromatic N) is 2. The molecule has 1 aliphatic rings. The molecule has 0 radical (unpaired) electrons. The van der Waals surface area contributed by atoms with Crippen molar-refractivity contribution in [2.75, 3.05) is 18.4 Å². The van der Waals surface area contributed by atoms with Gasteiger partial charge in [-0.2, -0.15) is 0 Å². The predicted octanol–water partition coefficient (Wildman–Crippen LogP) is 4.78. The molecule has 2 heterocycles. The molecule has 150 valence electrons. The number of likely N-dealkylation sites (tertiary alicyclic amines) is 1. The van der Waals surface area contributed by atoms with E-state index >= 15 is 4.39 Å². The first-order chi connectivity index (χ1) is 13.2. The maximum Gasteiger partial charge on any atom is 0.573 e. The van der Waals surface area contributed by atoms with E-state index < -0.39 is 18.1 Å². The summed E-state index contributed by atoms with van der Waals surface area (Å²) in [6, 6.07) is 7.93. The van der Waals surface area contributed by atoms with E-state index in [9.17, 15) is 18.0 Å². The van der Waals surface area contributed by atoms with Gasteiger partial charge in [-0.3, -0.25) is 4.98 Å². The zero-order chi connectivity index (χ0) is 20.4. The molecule has 2 aromatic rings. The van der Waals surface area contributed by atoms with Gasteiger partial charge >= 0.3 is 12.4 Å². The number of anilines is 1. The molecule has 28 heavy (non-hydrogen) atoms. The quantitative estimate of drug-likeness (QED) is 0.759. The Labute approximate surface area is 159 Å². The number of alkyl halides is 4. The number of piperidine rings is 1. The lowest BCUT2D eigenvalue weighted by atomic mass is 9.87. The fourth-order valence-electron chi connectivity index (χ4n) is 3.20. The number of hydrogen-bond acceptors (Lipinski definition) is 3. The van der Waals surface area contributed by atoms with Crippen LogP contribution in [0.4, 0.5) is 28.0 Å². The lowest BCUT2D eigenvalue weighted by Gasteiger charge is -2.36. The summed E-state index contributed by atoms with van der Waals surface area (Å²) in [5.41, 5.74) is -0.102. The molecular weight excluding hydrogens is 378 g/mol. The molecule has 0 unspecified atom stereocenters. The molecule has 1 aromatic carbocycles. The van der Waals surface area contributed by atoms with Crippen LogP contribution in [0.3, 0.4) is 0 Å². The van der Waals surface area contributed by atoms with Crippen LogP contribution in [0.25, 0.3) is 0 Å². The van der Waals surface area contributed by atoms with Gasteiger partial charge in [-0.15, -0.1) is 13.2 Å². The summed E-state index contributed by atoms with van der Waals surface area (Å²) in [6.45, 7) is 2.20. The second kappa shape index (κ2) is 7.65. The number of urea groups is 1. The number of halogens is 4. The Bertz CT molecular complexity index is 832. The minimum atomic E-state index is -4.77. The molecule has 0 bridgehead atoms. The summed E-state index contributed by atoms with van der Waals surface area (Å²) in [5, 5.41) is 2.59. The summed E-state index contributed by atoms with van der Waals surface area (Å²) >= 11 is 0. The molecule has 1 N–H and O–H groups in total. The molecule has 0 aliphatic carbocycles. The third kappa shape index (κ3) is 4.71.